The number of rotatable bonds is 4. The predicted molar refractivity (Wildman–Crippen MR) is 90.3 cm³/mol. The second-order valence-electron chi connectivity index (χ2n) is 6.98. The molecule has 2 aliphatic rings. The lowest BCUT2D eigenvalue weighted by Crippen LogP contribution is -2.97. The fourth-order valence-electron chi connectivity index (χ4n) is 4.36. The van der Waals surface area contributed by atoms with Gasteiger partial charge in [-0.05, 0) is 26.3 Å². The van der Waals surface area contributed by atoms with Gasteiger partial charge in [0.05, 0.1) is 6.61 Å². The first-order valence-electron chi connectivity index (χ1n) is 8.80. The van der Waals surface area contributed by atoms with Gasteiger partial charge in [0.1, 0.15) is 17.9 Å². The van der Waals surface area contributed by atoms with Gasteiger partial charge >= 0.3 is 5.97 Å². The molecule has 6 nitrogen and oxygen atoms in total. The van der Waals surface area contributed by atoms with Crippen LogP contribution in [0.15, 0.2) is 24.3 Å². The minimum Gasteiger partial charge on any atom is -0.461 e. The van der Waals surface area contributed by atoms with E-state index >= 15 is 0 Å². The number of hydrogen-bond acceptors (Lipinski definition) is 4. The number of carbonyl (C=O) groups excluding carboxylic acids is 3. The molecule has 0 spiro atoms. The summed E-state index contributed by atoms with van der Waals surface area (Å²) >= 11 is 0. The minimum atomic E-state index is -1.09. The Hall–Kier alpha value is -2.21. The van der Waals surface area contributed by atoms with E-state index in [1.54, 1.807) is 20.8 Å². The molecular weight excluding hydrogens is 320 g/mol. The highest BCUT2D eigenvalue weighted by molar-refractivity contribution is 6.08. The molecule has 3 rings (SSSR count). The third-order valence-electron chi connectivity index (χ3n) is 5.58. The first-order chi connectivity index (χ1) is 11.9. The molecule has 2 N–H and O–H groups in total. The van der Waals surface area contributed by atoms with Gasteiger partial charge in [0.15, 0.2) is 0 Å². The summed E-state index contributed by atoms with van der Waals surface area (Å²) in [6, 6.07) is 7.54. The van der Waals surface area contributed by atoms with Crippen LogP contribution in [0.3, 0.4) is 0 Å². The summed E-state index contributed by atoms with van der Waals surface area (Å²) in [7, 11) is 0. The second kappa shape index (κ2) is 6.26. The fourth-order valence-corrected chi connectivity index (χ4v) is 4.36. The molecular formula is C19H25N2O4+. The van der Waals surface area contributed by atoms with Gasteiger partial charge < -0.3 is 10.1 Å². The van der Waals surface area contributed by atoms with Crippen molar-refractivity contribution in [2.75, 3.05) is 13.2 Å². The number of aryl methyl sites for hydroxylation is 1. The molecule has 0 aliphatic carbocycles. The van der Waals surface area contributed by atoms with Crippen LogP contribution in [0.4, 0.5) is 0 Å². The van der Waals surface area contributed by atoms with Crippen LogP contribution in [0.5, 0.6) is 0 Å². The average molecular weight is 345 g/mol. The molecule has 2 amide bonds. The van der Waals surface area contributed by atoms with Crippen LogP contribution in [0.25, 0.3) is 0 Å². The van der Waals surface area contributed by atoms with E-state index in [1.165, 1.54) is 4.90 Å². The van der Waals surface area contributed by atoms with E-state index in [4.69, 9.17) is 4.74 Å². The van der Waals surface area contributed by atoms with Crippen molar-refractivity contribution in [3.8, 4) is 0 Å². The molecule has 0 saturated carbocycles. The van der Waals surface area contributed by atoms with Crippen molar-refractivity contribution >= 4 is 17.8 Å². The van der Waals surface area contributed by atoms with E-state index in [0.717, 1.165) is 11.1 Å². The number of hydrogen-bond donors (Lipinski definition) is 1. The summed E-state index contributed by atoms with van der Waals surface area (Å²) in [6.45, 7) is 7.80. The Morgan fingerprint density at radius 3 is 2.52 bits per heavy atom. The maximum absolute atomic E-state index is 12.9. The zero-order chi connectivity index (χ0) is 18.4. The number of likely N-dealkylation sites (tertiary alicyclic amines) is 1. The Labute approximate surface area is 147 Å². The summed E-state index contributed by atoms with van der Waals surface area (Å²) in [6.07, 6.45) is 0. The van der Waals surface area contributed by atoms with Crippen LogP contribution in [-0.4, -0.2) is 41.4 Å². The van der Waals surface area contributed by atoms with Crippen LogP contribution in [0.2, 0.25) is 0 Å². The zero-order valence-electron chi connectivity index (χ0n) is 15.1. The van der Waals surface area contributed by atoms with Gasteiger partial charge in [-0.1, -0.05) is 24.3 Å². The molecule has 1 aromatic rings. The predicted octanol–water partition coefficient (Wildman–Crippen LogP) is 0.556. The molecule has 6 heteroatoms. The van der Waals surface area contributed by atoms with Gasteiger partial charge in [-0.25, -0.2) is 4.79 Å². The highest BCUT2D eigenvalue weighted by Gasteiger charge is 2.70. The highest BCUT2D eigenvalue weighted by atomic mass is 16.5. The molecule has 0 aromatic heterocycles. The maximum Gasteiger partial charge on any atom is 0.368 e. The topological polar surface area (TPSA) is 80.3 Å². The molecule has 134 valence electrons. The molecule has 2 saturated heterocycles. The van der Waals surface area contributed by atoms with Crippen molar-refractivity contribution < 1.29 is 24.4 Å². The van der Waals surface area contributed by atoms with Gasteiger partial charge in [-0.15, -0.1) is 0 Å². The Morgan fingerprint density at radius 2 is 1.92 bits per heavy atom. The quantitative estimate of drug-likeness (QED) is 0.639. The molecule has 25 heavy (non-hydrogen) atoms. The van der Waals surface area contributed by atoms with Crippen molar-refractivity contribution in [1.82, 2.24) is 4.90 Å². The monoisotopic (exact) mass is 345 g/mol. The fraction of sp³-hybridized carbons (Fsp3) is 0.526. The largest absolute Gasteiger partial charge is 0.461 e. The standard InChI is InChI=1S/C19H24N2O4/c1-5-21-16(22)13-14(17(21)23)19(4,18(24)25-6-2)20-15(13)12-10-8-7-9-11(12)3/h7-10,13-15,20H,5-6H2,1-4H3/p+1/t13-,14+,15-,19-/m1/s1. The third kappa shape index (κ3) is 2.47. The molecule has 2 heterocycles. The molecule has 2 aliphatic heterocycles. The van der Waals surface area contributed by atoms with Crippen LogP contribution < -0.4 is 5.32 Å². The van der Waals surface area contributed by atoms with Crippen LogP contribution in [0.1, 0.15) is 37.9 Å². The van der Waals surface area contributed by atoms with Crippen LogP contribution >= 0.6 is 0 Å². The first-order valence-corrected chi connectivity index (χ1v) is 8.80. The number of nitrogens with two attached hydrogens (primary N) is 1. The van der Waals surface area contributed by atoms with E-state index in [-0.39, 0.29) is 24.5 Å². The molecule has 0 radical (unpaired) electrons. The number of amides is 2. The van der Waals surface area contributed by atoms with E-state index < -0.39 is 23.3 Å². The summed E-state index contributed by atoms with van der Waals surface area (Å²) in [5.74, 6) is -2.11. The van der Waals surface area contributed by atoms with Crippen molar-refractivity contribution in [1.29, 1.82) is 0 Å². The van der Waals surface area contributed by atoms with Gasteiger partial charge in [-0.2, -0.15) is 0 Å². The van der Waals surface area contributed by atoms with E-state index in [0.29, 0.717) is 6.54 Å². The normalized spacial score (nSPS) is 31.4. The summed E-state index contributed by atoms with van der Waals surface area (Å²) in [4.78, 5) is 39.8. The molecule has 2 fully saturated rings. The Morgan fingerprint density at radius 1 is 1.24 bits per heavy atom. The van der Waals surface area contributed by atoms with E-state index in [9.17, 15) is 14.4 Å². The summed E-state index contributed by atoms with van der Waals surface area (Å²) in [5.41, 5.74) is 0.944. The smallest absolute Gasteiger partial charge is 0.368 e. The Bertz CT molecular complexity index is 732. The van der Waals surface area contributed by atoms with Gasteiger partial charge in [0.25, 0.3) is 0 Å². The van der Waals surface area contributed by atoms with E-state index in [2.05, 4.69) is 0 Å². The van der Waals surface area contributed by atoms with Gasteiger partial charge in [0.2, 0.25) is 17.4 Å². The number of esters is 1. The lowest BCUT2D eigenvalue weighted by atomic mass is 9.80. The number of carbonyl (C=O) groups is 3. The highest BCUT2D eigenvalue weighted by Crippen LogP contribution is 2.44. The van der Waals surface area contributed by atoms with Crippen molar-refractivity contribution in [2.24, 2.45) is 11.8 Å². The van der Waals surface area contributed by atoms with Crippen molar-refractivity contribution in [3.05, 3.63) is 35.4 Å². The van der Waals surface area contributed by atoms with Crippen molar-refractivity contribution in [2.45, 2.75) is 39.3 Å². The van der Waals surface area contributed by atoms with Crippen molar-refractivity contribution in [3.63, 3.8) is 0 Å². The number of nitrogens with zero attached hydrogens (tertiary/aromatic N) is 1. The third-order valence-corrected chi connectivity index (χ3v) is 5.58. The van der Waals surface area contributed by atoms with Crippen LogP contribution in [-0.2, 0) is 19.1 Å². The number of ether oxygens (including phenoxy) is 1. The summed E-state index contributed by atoms with van der Waals surface area (Å²) in [5, 5.41) is 1.87. The average Bonchev–Trinajstić information content (AvgIpc) is 3.03. The number of quaternary nitrogens is 1. The van der Waals surface area contributed by atoms with Gasteiger partial charge in [0, 0.05) is 19.0 Å². The number of benzene rings is 1. The Kier molecular flexibility index (Phi) is 4.41. The number of fused-ring (bicyclic) bond motifs is 1. The number of imide groups is 1. The zero-order valence-corrected chi connectivity index (χ0v) is 15.1. The molecule has 4 atom stereocenters. The van der Waals surface area contributed by atoms with E-state index in [1.807, 2.05) is 36.5 Å². The molecule has 0 bridgehead atoms. The van der Waals surface area contributed by atoms with Gasteiger partial charge in [-0.3, -0.25) is 14.5 Å². The first kappa shape index (κ1) is 17.6. The molecule has 0 unspecified atom stereocenters. The Balaban J connectivity index is 2.11. The summed E-state index contributed by atoms with van der Waals surface area (Å²) < 4.78 is 5.25. The lowest BCUT2D eigenvalue weighted by Gasteiger charge is -2.26. The lowest BCUT2D eigenvalue weighted by molar-refractivity contribution is -0.731. The maximum atomic E-state index is 12.9. The second-order valence-corrected chi connectivity index (χ2v) is 6.98. The minimum absolute atomic E-state index is 0.185. The van der Waals surface area contributed by atoms with Crippen LogP contribution in [0, 0.1) is 18.8 Å². The molecule has 1 aromatic carbocycles. The SMILES string of the molecule is CCOC(=O)[C@]1(C)[NH2+][C@H](c2ccccc2C)[C@@H]2C(=O)N(CC)C(=O)[C@H]21.